The molecule has 0 atom stereocenters. The van der Waals surface area contributed by atoms with E-state index in [0.717, 1.165) is 5.56 Å². The molecular weight excluding hydrogens is 326 g/mol. The van der Waals surface area contributed by atoms with Gasteiger partial charge in [0.05, 0.1) is 20.5 Å². The molecule has 2 N–H and O–H groups in total. The second-order valence-corrected chi connectivity index (χ2v) is 4.73. The van der Waals surface area contributed by atoms with Crippen LogP contribution in [-0.2, 0) is 6.54 Å². The summed E-state index contributed by atoms with van der Waals surface area (Å²) in [6.45, 7) is 0.509. The van der Waals surface area contributed by atoms with Gasteiger partial charge >= 0.3 is 0 Å². The lowest BCUT2D eigenvalue weighted by atomic mass is 10.2. The van der Waals surface area contributed by atoms with Crippen molar-refractivity contribution < 1.29 is 9.47 Å². The fourth-order valence-electron chi connectivity index (χ4n) is 1.68. The lowest BCUT2D eigenvalue weighted by Gasteiger charge is -2.11. The lowest BCUT2D eigenvalue weighted by molar-refractivity contribution is 0.354. The first-order valence-corrected chi connectivity index (χ1v) is 6.63. The summed E-state index contributed by atoms with van der Waals surface area (Å²) in [5.74, 6) is 1.82. The Balaban J connectivity index is 2.15. The molecule has 6 nitrogen and oxygen atoms in total. The molecule has 0 aliphatic heterocycles. The number of halogens is 1. The third-order valence-corrected chi connectivity index (χ3v) is 3.44. The number of hydrogen-bond donors (Lipinski definition) is 2. The van der Waals surface area contributed by atoms with Gasteiger partial charge in [0, 0.05) is 6.54 Å². The first kappa shape index (κ1) is 14.4. The van der Waals surface area contributed by atoms with E-state index in [9.17, 15) is 4.79 Å². The normalized spacial score (nSPS) is 10.2. The van der Waals surface area contributed by atoms with Crippen molar-refractivity contribution in [3.8, 4) is 11.5 Å². The number of nitrogens with zero attached hydrogens (tertiary/aromatic N) is 1. The Morgan fingerprint density at radius 1 is 1.30 bits per heavy atom. The van der Waals surface area contributed by atoms with Gasteiger partial charge in [-0.2, -0.15) is 0 Å². The SMILES string of the molecule is COc1ccc(CNc2nc[nH]c(=O)c2Br)cc1OC. The number of benzene rings is 1. The molecule has 0 amide bonds. The van der Waals surface area contributed by atoms with E-state index in [1.807, 2.05) is 18.2 Å². The molecule has 0 radical (unpaired) electrons. The first-order valence-electron chi connectivity index (χ1n) is 5.83. The minimum absolute atomic E-state index is 0.227. The van der Waals surface area contributed by atoms with Crippen molar-refractivity contribution in [3.05, 3.63) is 44.9 Å². The van der Waals surface area contributed by atoms with Gasteiger partial charge < -0.3 is 19.8 Å². The fourth-order valence-corrected chi connectivity index (χ4v) is 2.04. The number of rotatable bonds is 5. The van der Waals surface area contributed by atoms with E-state index >= 15 is 0 Å². The number of H-pyrrole nitrogens is 1. The van der Waals surface area contributed by atoms with Crippen molar-refractivity contribution in [2.45, 2.75) is 6.54 Å². The molecule has 0 fully saturated rings. The number of anilines is 1. The minimum atomic E-state index is -0.227. The zero-order valence-corrected chi connectivity index (χ0v) is 12.7. The summed E-state index contributed by atoms with van der Waals surface area (Å²) in [4.78, 5) is 18.0. The molecule has 0 unspecified atom stereocenters. The van der Waals surface area contributed by atoms with E-state index < -0.39 is 0 Å². The fraction of sp³-hybridized carbons (Fsp3) is 0.231. The smallest absolute Gasteiger partial charge is 0.267 e. The van der Waals surface area contributed by atoms with Gasteiger partial charge in [0.25, 0.3) is 5.56 Å². The largest absolute Gasteiger partial charge is 0.493 e. The third-order valence-electron chi connectivity index (χ3n) is 2.70. The van der Waals surface area contributed by atoms with E-state index in [4.69, 9.17) is 9.47 Å². The van der Waals surface area contributed by atoms with Crippen molar-refractivity contribution >= 4 is 21.7 Å². The summed E-state index contributed by atoms with van der Waals surface area (Å²) in [6.07, 6.45) is 1.35. The first-order chi connectivity index (χ1) is 9.65. The zero-order chi connectivity index (χ0) is 14.5. The molecule has 20 heavy (non-hydrogen) atoms. The van der Waals surface area contributed by atoms with Crippen molar-refractivity contribution in [2.75, 3.05) is 19.5 Å². The van der Waals surface area contributed by atoms with Crippen LogP contribution in [0.2, 0.25) is 0 Å². The highest BCUT2D eigenvalue weighted by Crippen LogP contribution is 2.27. The summed E-state index contributed by atoms with van der Waals surface area (Å²) in [7, 11) is 3.18. The Hall–Kier alpha value is -2.02. The molecule has 0 spiro atoms. The molecule has 7 heteroatoms. The van der Waals surface area contributed by atoms with Crippen LogP contribution in [0, 0.1) is 0 Å². The number of hydrogen-bond acceptors (Lipinski definition) is 5. The molecule has 2 rings (SSSR count). The topological polar surface area (TPSA) is 76.2 Å². The maximum Gasteiger partial charge on any atom is 0.267 e. The Morgan fingerprint density at radius 2 is 2.05 bits per heavy atom. The molecule has 1 heterocycles. The van der Waals surface area contributed by atoms with Gasteiger partial charge in [-0.15, -0.1) is 0 Å². The lowest BCUT2D eigenvalue weighted by Crippen LogP contribution is -2.12. The van der Waals surface area contributed by atoms with Crippen LogP contribution in [0.5, 0.6) is 11.5 Å². The van der Waals surface area contributed by atoms with E-state index in [1.165, 1.54) is 6.33 Å². The molecule has 0 aliphatic rings. The van der Waals surface area contributed by atoms with Crippen LogP contribution in [0.15, 0.2) is 33.8 Å². The van der Waals surface area contributed by atoms with Gasteiger partial charge in [0.1, 0.15) is 10.3 Å². The second kappa shape index (κ2) is 6.42. The average Bonchev–Trinajstić information content (AvgIpc) is 2.48. The number of nitrogens with one attached hydrogen (secondary N) is 2. The zero-order valence-electron chi connectivity index (χ0n) is 11.1. The Morgan fingerprint density at radius 3 is 2.75 bits per heavy atom. The second-order valence-electron chi connectivity index (χ2n) is 3.94. The Bertz CT molecular complexity index is 658. The van der Waals surface area contributed by atoms with Crippen LogP contribution in [0.3, 0.4) is 0 Å². The summed E-state index contributed by atoms with van der Waals surface area (Å²) >= 11 is 3.19. The highest BCUT2D eigenvalue weighted by Gasteiger charge is 2.07. The van der Waals surface area contributed by atoms with E-state index in [1.54, 1.807) is 14.2 Å². The Kier molecular flexibility index (Phi) is 4.62. The van der Waals surface area contributed by atoms with Crippen molar-refractivity contribution in [3.63, 3.8) is 0 Å². The van der Waals surface area contributed by atoms with Crippen LogP contribution < -0.4 is 20.3 Å². The maximum absolute atomic E-state index is 11.4. The molecule has 1 aromatic carbocycles. The third kappa shape index (κ3) is 3.11. The maximum atomic E-state index is 11.4. The van der Waals surface area contributed by atoms with Gasteiger partial charge in [-0.3, -0.25) is 4.79 Å². The predicted octanol–water partition coefficient (Wildman–Crippen LogP) is 2.16. The monoisotopic (exact) mass is 339 g/mol. The van der Waals surface area contributed by atoms with Crippen molar-refractivity contribution in [2.24, 2.45) is 0 Å². The van der Waals surface area contributed by atoms with E-state index in [-0.39, 0.29) is 5.56 Å². The summed E-state index contributed by atoms with van der Waals surface area (Å²) in [5.41, 5.74) is 0.756. The van der Waals surface area contributed by atoms with E-state index in [2.05, 4.69) is 31.2 Å². The number of aromatic nitrogens is 2. The van der Waals surface area contributed by atoms with Crippen LogP contribution >= 0.6 is 15.9 Å². The van der Waals surface area contributed by atoms with Crippen molar-refractivity contribution in [1.29, 1.82) is 0 Å². The van der Waals surface area contributed by atoms with Gasteiger partial charge in [-0.1, -0.05) is 6.07 Å². The highest BCUT2D eigenvalue weighted by atomic mass is 79.9. The quantitative estimate of drug-likeness (QED) is 0.872. The molecule has 1 aromatic heterocycles. The standard InChI is InChI=1S/C13H14BrN3O3/c1-19-9-4-3-8(5-10(9)20-2)6-15-12-11(14)13(18)17-7-16-12/h3-5,7H,6H2,1-2H3,(H2,15,16,17,18). The number of methoxy groups -OCH3 is 2. The Labute approximate surface area is 124 Å². The number of ether oxygens (including phenoxy) is 2. The molecule has 0 aliphatic carbocycles. The molecule has 106 valence electrons. The summed E-state index contributed by atoms with van der Waals surface area (Å²) in [6, 6.07) is 5.61. The predicted molar refractivity (Wildman–Crippen MR) is 79.4 cm³/mol. The van der Waals surface area contributed by atoms with Crippen molar-refractivity contribution in [1.82, 2.24) is 9.97 Å². The van der Waals surface area contributed by atoms with Gasteiger partial charge in [0.2, 0.25) is 0 Å². The molecule has 0 saturated carbocycles. The van der Waals surface area contributed by atoms with Gasteiger partial charge in [-0.05, 0) is 33.6 Å². The number of aromatic amines is 1. The summed E-state index contributed by atoms with van der Waals surface area (Å²) in [5, 5.41) is 3.08. The van der Waals surface area contributed by atoms with Gasteiger partial charge in [-0.25, -0.2) is 4.98 Å². The summed E-state index contributed by atoms with van der Waals surface area (Å²) < 4.78 is 10.8. The van der Waals surface area contributed by atoms with Crippen LogP contribution in [0.25, 0.3) is 0 Å². The van der Waals surface area contributed by atoms with Crippen LogP contribution in [-0.4, -0.2) is 24.2 Å². The van der Waals surface area contributed by atoms with Gasteiger partial charge in [0.15, 0.2) is 11.5 Å². The van der Waals surface area contributed by atoms with Crippen LogP contribution in [0.4, 0.5) is 5.82 Å². The molecule has 0 bridgehead atoms. The highest BCUT2D eigenvalue weighted by molar-refractivity contribution is 9.10. The van der Waals surface area contributed by atoms with Crippen LogP contribution in [0.1, 0.15) is 5.56 Å². The average molecular weight is 340 g/mol. The molecule has 2 aromatic rings. The minimum Gasteiger partial charge on any atom is -0.493 e. The molecule has 0 saturated heterocycles. The van der Waals surface area contributed by atoms with E-state index in [0.29, 0.717) is 28.3 Å². The molecular formula is C13H14BrN3O3.